The van der Waals surface area contributed by atoms with Gasteiger partial charge in [-0.3, -0.25) is 0 Å². The zero-order chi connectivity index (χ0) is 12.0. The van der Waals surface area contributed by atoms with Gasteiger partial charge in [-0.15, -0.1) is 12.4 Å². The van der Waals surface area contributed by atoms with Crippen LogP contribution in [0.2, 0.25) is 0 Å². The van der Waals surface area contributed by atoms with E-state index in [1.165, 1.54) is 18.2 Å². The van der Waals surface area contributed by atoms with E-state index in [4.69, 9.17) is 5.73 Å². The lowest BCUT2D eigenvalue weighted by Crippen LogP contribution is -2.25. The van der Waals surface area contributed by atoms with E-state index >= 15 is 0 Å². The Kier molecular flexibility index (Phi) is 7.29. The number of unbranched alkanes of at least 4 members (excludes halogenated alkanes) is 1. The smallest absolute Gasteiger partial charge is 0.240 e. The zero-order valence-electron chi connectivity index (χ0n) is 9.23. The standard InChI is InChI=1S/C10H15FN2O2S.ClH/c11-9-4-3-5-10(8-9)16(14,15)13-7-2-1-6-12;/h3-5,8,13H,1-2,6-7,12H2;1H. The molecule has 0 saturated heterocycles. The summed E-state index contributed by atoms with van der Waals surface area (Å²) in [6.45, 7) is 0.845. The third-order valence-corrected chi connectivity index (χ3v) is 3.49. The molecule has 0 aliphatic carbocycles. The van der Waals surface area contributed by atoms with Gasteiger partial charge >= 0.3 is 0 Å². The number of rotatable bonds is 6. The van der Waals surface area contributed by atoms with Gasteiger partial charge in [-0.25, -0.2) is 17.5 Å². The van der Waals surface area contributed by atoms with Crippen molar-refractivity contribution in [2.75, 3.05) is 13.1 Å². The molecular weight excluding hydrogens is 267 g/mol. The average Bonchev–Trinajstić information content (AvgIpc) is 2.24. The van der Waals surface area contributed by atoms with E-state index in [1.807, 2.05) is 0 Å². The lowest BCUT2D eigenvalue weighted by Gasteiger charge is -2.06. The van der Waals surface area contributed by atoms with Gasteiger partial charge < -0.3 is 5.73 Å². The molecule has 4 nitrogen and oxygen atoms in total. The lowest BCUT2D eigenvalue weighted by molar-refractivity contribution is 0.573. The number of halogens is 2. The van der Waals surface area contributed by atoms with Crippen LogP contribution in [0.1, 0.15) is 12.8 Å². The molecule has 0 saturated carbocycles. The van der Waals surface area contributed by atoms with Crippen molar-refractivity contribution in [2.24, 2.45) is 5.73 Å². The van der Waals surface area contributed by atoms with Gasteiger partial charge in [0.2, 0.25) is 10.0 Å². The highest BCUT2D eigenvalue weighted by atomic mass is 35.5. The molecule has 3 N–H and O–H groups in total. The van der Waals surface area contributed by atoms with Crippen LogP contribution in [0.3, 0.4) is 0 Å². The Hall–Kier alpha value is -0.690. The summed E-state index contributed by atoms with van der Waals surface area (Å²) < 4.78 is 38.5. The third-order valence-electron chi connectivity index (χ3n) is 2.03. The van der Waals surface area contributed by atoms with Crippen LogP contribution in [0.25, 0.3) is 0 Å². The number of hydrogen-bond acceptors (Lipinski definition) is 3. The number of benzene rings is 1. The minimum Gasteiger partial charge on any atom is -0.330 e. The number of hydrogen-bond donors (Lipinski definition) is 2. The number of nitrogens with one attached hydrogen (secondary N) is 1. The summed E-state index contributed by atoms with van der Waals surface area (Å²) in [5, 5.41) is 0. The van der Waals surface area contributed by atoms with Gasteiger partial charge in [0.15, 0.2) is 0 Å². The Balaban J connectivity index is 0.00000256. The molecule has 17 heavy (non-hydrogen) atoms. The number of nitrogens with two attached hydrogens (primary N) is 1. The van der Waals surface area contributed by atoms with E-state index in [9.17, 15) is 12.8 Å². The van der Waals surface area contributed by atoms with Crippen molar-refractivity contribution in [2.45, 2.75) is 17.7 Å². The van der Waals surface area contributed by atoms with Gasteiger partial charge in [-0.2, -0.15) is 0 Å². The SMILES string of the molecule is Cl.NCCCCNS(=O)(=O)c1cccc(F)c1. The lowest BCUT2D eigenvalue weighted by atomic mass is 10.3. The fourth-order valence-electron chi connectivity index (χ4n) is 1.19. The molecule has 1 aromatic rings. The highest BCUT2D eigenvalue weighted by molar-refractivity contribution is 7.89. The molecule has 1 rings (SSSR count). The molecule has 98 valence electrons. The maximum absolute atomic E-state index is 12.8. The second kappa shape index (κ2) is 7.60. The third kappa shape index (κ3) is 5.45. The Bertz CT molecular complexity index is 440. The first-order valence-corrected chi connectivity index (χ1v) is 6.50. The molecule has 0 spiro atoms. The summed E-state index contributed by atoms with van der Waals surface area (Å²) in [7, 11) is -3.59. The van der Waals surface area contributed by atoms with Crippen molar-refractivity contribution in [3.63, 3.8) is 0 Å². The van der Waals surface area contributed by atoms with Gasteiger partial charge in [0.05, 0.1) is 4.90 Å². The average molecular weight is 283 g/mol. The van der Waals surface area contributed by atoms with Gasteiger partial charge in [0.25, 0.3) is 0 Å². The van der Waals surface area contributed by atoms with Crippen LogP contribution in [0.15, 0.2) is 29.2 Å². The van der Waals surface area contributed by atoms with Crippen molar-refractivity contribution >= 4 is 22.4 Å². The minimum absolute atomic E-state index is 0. The Labute approximate surface area is 107 Å². The molecule has 0 aliphatic rings. The minimum atomic E-state index is -3.59. The highest BCUT2D eigenvalue weighted by Crippen LogP contribution is 2.09. The van der Waals surface area contributed by atoms with Crippen molar-refractivity contribution < 1.29 is 12.8 Å². The Morgan fingerprint density at radius 1 is 1.29 bits per heavy atom. The van der Waals surface area contributed by atoms with Crippen LogP contribution in [0, 0.1) is 5.82 Å². The Morgan fingerprint density at radius 2 is 2.00 bits per heavy atom. The molecule has 0 aliphatic heterocycles. The van der Waals surface area contributed by atoms with E-state index in [1.54, 1.807) is 0 Å². The van der Waals surface area contributed by atoms with Gasteiger partial charge in [0, 0.05) is 6.54 Å². The van der Waals surface area contributed by atoms with Gasteiger partial charge in [-0.05, 0) is 37.6 Å². The second-order valence-electron chi connectivity index (χ2n) is 3.35. The molecule has 0 amide bonds. The highest BCUT2D eigenvalue weighted by Gasteiger charge is 2.13. The van der Waals surface area contributed by atoms with E-state index in [0.717, 1.165) is 12.5 Å². The fraction of sp³-hybridized carbons (Fsp3) is 0.400. The predicted molar refractivity (Wildman–Crippen MR) is 67.1 cm³/mol. The molecule has 0 unspecified atom stereocenters. The molecule has 0 atom stereocenters. The van der Waals surface area contributed by atoms with Crippen molar-refractivity contribution in [3.8, 4) is 0 Å². The largest absolute Gasteiger partial charge is 0.330 e. The van der Waals surface area contributed by atoms with Crippen LogP contribution >= 0.6 is 12.4 Å². The van der Waals surface area contributed by atoms with Crippen molar-refractivity contribution in [3.05, 3.63) is 30.1 Å². The van der Waals surface area contributed by atoms with E-state index < -0.39 is 15.8 Å². The Morgan fingerprint density at radius 3 is 2.59 bits per heavy atom. The molecular formula is C10H16ClFN2O2S. The van der Waals surface area contributed by atoms with Crippen LogP contribution in [0.5, 0.6) is 0 Å². The summed E-state index contributed by atoms with van der Waals surface area (Å²) in [5.74, 6) is -0.565. The van der Waals surface area contributed by atoms with E-state index in [-0.39, 0.29) is 17.3 Å². The van der Waals surface area contributed by atoms with Crippen molar-refractivity contribution in [1.82, 2.24) is 4.72 Å². The summed E-state index contributed by atoms with van der Waals surface area (Å²) >= 11 is 0. The summed E-state index contributed by atoms with van der Waals surface area (Å²) in [6, 6.07) is 4.91. The normalized spacial score (nSPS) is 10.9. The predicted octanol–water partition coefficient (Wildman–Crippen LogP) is 1.26. The molecule has 0 bridgehead atoms. The summed E-state index contributed by atoms with van der Waals surface area (Å²) in [5.41, 5.74) is 5.28. The van der Waals surface area contributed by atoms with Crippen molar-refractivity contribution in [1.29, 1.82) is 0 Å². The van der Waals surface area contributed by atoms with Crippen LogP contribution in [0.4, 0.5) is 4.39 Å². The molecule has 0 fully saturated rings. The molecule has 0 aromatic heterocycles. The molecule has 7 heteroatoms. The van der Waals surface area contributed by atoms with Crippen LogP contribution in [-0.2, 0) is 10.0 Å². The zero-order valence-corrected chi connectivity index (χ0v) is 10.9. The molecule has 0 radical (unpaired) electrons. The number of sulfonamides is 1. The van der Waals surface area contributed by atoms with Gasteiger partial charge in [0.1, 0.15) is 5.82 Å². The van der Waals surface area contributed by atoms with E-state index in [2.05, 4.69) is 4.72 Å². The van der Waals surface area contributed by atoms with E-state index in [0.29, 0.717) is 19.5 Å². The summed E-state index contributed by atoms with van der Waals surface area (Å²) in [6.07, 6.45) is 1.43. The summed E-state index contributed by atoms with van der Waals surface area (Å²) in [4.78, 5) is -0.0553. The molecule has 0 heterocycles. The topological polar surface area (TPSA) is 72.2 Å². The maximum Gasteiger partial charge on any atom is 0.240 e. The monoisotopic (exact) mass is 282 g/mol. The maximum atomic E-state index is 12.8. The molecule has 1 aromatic carbocycles. The second-order valence-corrected chi connectivity index (χ2v) is 5.12. The first kappa shape index (κ1) is 16.3. The first-order chi connectivity index (χ1) is 7.56. The first-order valence-electron chi connectivity index (χ1n) is 5.01. The van der Waals surface area contributed by atoms with Crippen LogP contribution in [-0.4, -0.2) is 21.5 Å². The van der Waals surface area contributed by atoms with Gasteiger partial charge in [-0.1, -0.05) is 6.07 Å². The quantitative estimate of drug-likeness (QED) is 0.772. The fourth-order valence-corrected chi connectivity index (χ4v) is 2.30. The van der Waals surface area contributed by atoms with Crippen LogP contribution < -0.4 is 10.5 Å².